The van der Waals surface area contributed by atoms with Gasteiger partial charge in [-0.25, -0.2) is 0 Å². The van der Waals surface area contributed by atoms with Gasteiger partial charge in [0.05, 0.1) is 33.8 Å². The smallest absolute Gasteiger partial charge is 0.306 e. The normalized spacial score (nSPS) is 13.5. The number of quaternary nitrogens is 1. The van der Waals surface area contributed by atoms with E-state index < -0.39 is 20.0 Å². The number of esters is 1. The van der Waals surface area contributed by atoms with E-state index in [0.717, 1.165) is 64.2 Å². The van der Waals surface area contributed by atoms with E-state index in [1.165, 1.54) is 315 Å². The molecule has 0 heterocycles. The van der Waals surface area contributed by atoms with Crippen LogP contribution < -0.4 is 10.2 Å². The topological polar surface area (TPSA) is 114 Å². The lowest BCUT2D eigenvalue weighted by atomic mass is 10.0. The third kappa shape index (κ3) is 70.5. The lowest BCUT2D eigenvalue weighted by Crippen LogP contribution is -2.47. The molecule has 0 aromatic rings. The lowest BCUT2D eigenvalue weighted by molar-refractivity contribution is -0.870. The van der Waals surface area contributed by atoms with Gasteiger partial charge in [0, 0.05) is 12.8 Å². The molecule has 3 unspecified atom stereocenters. The van der Waals surface area contributed by atoms with Crippen molar-refractivity contribution in [3.63, 3.8) is 0 Å². The number of phosphoric ester groups is 1. The number of carbonyl (C=O) groups is 2. The van der Waals surface area contributed by atoms with Crippen LogP contribution in [-0.4, -0.2) is 69.4 Å². The predicted molar refractivity (Wildman–Crippen MR) is 390 cm³/mol. The van der Waals surface area contributed by atoms with E-state index >= 15 is 0 Å². The quantitative estimate of drug-likeness (QED) is 0.0212. The number of hydrogen-bond donors (Lipinski definition) is 1. The Kier molecular flexibility index (Phi) is 68.7. The van der Waals surface area contributed by atoms with E-state index in [-0.39, 0.29) is 31.5 Å². The van der Waals surface area contributed by atoms with Crippen molar-refractivity contribution in [2.45, 2.75) is 425 Å². The van der Waals surface area contributed by atoms with Gasteiger partial charge in [0.15, 0.2) is 0 Å². The van der Waals surface area contributed by atoms with E-state index in [4.69, 9.17) is 13.8 Å². The maximum absolute atomic E-state index is 13.6. The maximum atomic E-state index is 13.6. The highest BCUT2D eigenvalue weighted by Crippen LogP contribution is 2.38. The van der Waals surface area contributed by atoms with Crippen LogP contribution in [0.5, 0.6) is 0 Å². The summed E-state index contributed by atoms with van der Waals surface area (Å²) in [7, 11) is 1.21. The molecule has 0 bridgehead atoms. The molecule has 9 nitrogen and oxygen atoms in total. The molecule has 90 heavy (non-hydrogen) atoms. The van der Waals surface area contributed by atoms with Crippen LogP contribution >= 0.6 is 7.82 Å². The molecule has 0 radical (unpaired) electrons. The van der Waals surface area contributed by atoms with Crippen molar-refractivity contribution < 1.29 is 37.3 Å². The van der Waals surface area contributed by atoms with Crippen molar-refractivity contribution in [1.29, 1.82) is 0 Å². The van der Waals surface area contributed by atoms with Crippen molar-refractivity contribution >= 4 is 19.7 Å². The van der Waals surface area contributed by atoms with Crippen LogP contribution in [0.4, 0.5) is 0 Å². The first-order chi connectivity index (χ1) is 43.9. The molecule has 0 spiro atoms. The monoisotopic (exact) mass is 1290 g/mol. The molecule has 0 saturated carbocycles. The van der Waals surface area contributed by atoms with Crippen LogP contribution in [0.2, 0.25) is 0 Å². The molecule has 0 fully saturated rings. The summed E-state index contributed by atoms with van der Waals surface area (Å²) in [5.74, 6) is -0.515. The first-order valence-corrected chi connectivity index (χ1v) is 41.3. The van der Waals surface area contributed by atoms with E-state index in [0.29, 0.717) is 17.4 Å². The molecule has 0 aliphatic carbocycles. The zero-order valence-corrected chi connectivity index (χ0v) is 62.0. The molecule has 0 rings (SSSR count). The minimum atomic E-state index is -4.70. The summed E-state index contributed by atoms with van der Waals surface area (Å²) in [6.45, 7) is 6.90. The molecule has 10 heteroatoms. The molecular formula is C80H155N2O7P. The van der Waals surface area contributed by atoms with E-state index in [1.54, 1.807) is 0 Å². The van der Waals surface area contributed by atoms with Gasteiger partial charge in [-0.05, 0) is 63.9 Å². The van der Waals surface area contributed by atoms with Gasteiger partial charge in [0.25, 0.3) is 7.82 Å². The summed E-state index contributed by atoms with van der Waals surface area (Å²) < 4.78 is 30.6. The number of ether oxygens (including phenoxy) is 1. The Bertz CT molecular complexity index is 1630. The Morgan fingerprint density at radius 3 is 1.02 bits per heavy atom. The number of rotatable bonds is 74. The summed E-state index contributed by atoms with van der Waals surface area (Å²) in [6, 6.07) is -0.885. The number of unbranched alkanes of at least 4 members (excludes halogenated alkanes) is 54. The largest absolute Gasteiger partial charge is 0.756 e. The molecule has 1 amide bonds. The molecule has 0 saturated heterocycles. The minimum absolute atomic E-state index is 0.0184. The Hall–Kier alpha value is -1.77. The highest BCUT2D eigenvalue weighted by molar-refractivity contribution is 7.45. The number of phosphoric acid groups is 1. The Morgan fingerprint density at radius 1 is 0.389 bits per heavy atom. The fourth-order valence-electron chi connectivity index (χ4n) is 12.2. The van der Waals surface area contributed by atoms with Crippen molar-refractivity contribution in [3.05, 3.63) is 36.5 Å². The SMILES string of the molecule is CCCCC/C=C\C/C=C\CCCCCCCCCCCCCCCCCCCC(=O)NC(COP(=O)([O-])OCC[N+](C)(C)C)C(/C=C/CCCCCCCCCCCC)OC(=O)CCCCCCCCCCCCCCCCCCCCCCCCCCC. The predicted octanol–water partition coefficient (Wildman–Crippen LogP) is 25.1. The van der Waals surface area contributed by atoms with Crippen molar-refractivity contribution in [1.82, 2.24) is 5.32 Å². The van der Waals surface area contributed by atoms with Gasteiger partial charge in [-0.1, -0.05) is 372 Å². The summed E-state index contributed by atoms with van der Waals surface area (Å²) in [5, 5.41) is 3.06. The molecular weight excluding hydrogens is 1130 g/mol. The first-order valence-electron chi connectivity index (χ1n) is 39.8. The van der Waals surface area contributed by atoms with Gasteiger partial charge in [-0.2, -0.15) is 0 Å². The van der Waals surface area contributed by atoms with E-state index in [9.17, 15) is 19.0 Å². The molecule has 3 atom stereocenters. The highest BCUT2D eigenvalue weighted by Gasteiger charge is 2.27. The standard InChI is InChI=1S/C80H155N2O7P/c1-7-10-13-16-19-22-25-28-30-32-34-36-38-40-41-43-44-46-48-50-52-54-57-60-63-66-69-72-79(83)81-77(76-88-90(85,86)87-75-74-82(4,5)6)78(71-68-65-62-59-56-27-24-21-18-15-12-9-3)89-80(84)73-70-67-64-61-58-55-53-51-49-47-45-42-39-37-35-33-31-29-26-23-20-17-14-11-8-2/h19,22,28,30,68,71,77-78H,7-18,20-21,23-27,29,31-67,69-70,72-76H2,1-6H3,(H-,81,83,85,86)/b22-19-,30-28-,71-68+. The van der Waals surface area contributed by atoms with Crippen LogP contribution in [0.25, 0.3) is 0 Å². The van der Waals surface area contributed by atoms with E-state index in [2.05, 4.69) is 50.4 Å². The number of nitrogens with zero attached hydrogens (tertiary/aromatic N) is 1. The molecule has 0 aromatic heterocycles. The van der Waals surface area contributed by atoms with Crippen LogP contribution in [0.15, 0.2) is 36.5 Å². The van der Waals surface area contributed by atoms with Gasteiger partial charge in [0.2, 0.25) is 5.91 Å². The summed E-state index contributed by atoms with van der Waals surface area (Å²) >= 11 is 0. The second-order valence-corrected chi connectivity index (χ2v) is 30.0. The molecule has 0 aliphatic heterocycles. The second kappa shape index (κ2) is 70.0. The number of hydrogen-bond acceptors (Lipinski definition) is 7. The fourth-order valence-corrected chi connectivity index (χ4v) is 12.9. The number of allylic oxidation sites excluding steroid dienone is 5. The number of likely N-dealkylation sites (N-methyl/N-ethyl adjacent to an activating group) is 1. The minimum Gasteiger partial charge on any atom is -0.756 e. The summed E-state index contributed by atoms with van der Waals surface area (Å²) in [6.07, 6.45) is 88.7. The third-order valence-electron chi connectivity index (χ3n) is 18.3. The Balaban J connectivity index is 4.88. The molecule has 0 aromatic carbocycles. The summed E-state index contributed by atoms with van der Waals surface area (Å²) in [5.41, 5.74) is 0. The third-order valence-corrected chi connectivity index (χ3v) is 19.3. The van der Waals surface area contributed by atoms with Crippen molar-refractivity contribution in [3.8, 4) is 0 Å². The van der Waals surface area contributed by atoms with Gasteiger partial charge in [0.1, 0.15) is 19.3 Å². The van der Waals surface area contributed by atoms with Gasteiger partial charge < -0.3 is 28.5 Å². The highest BCUT2D eigenvalue weighted by atomic mass is 31.2. The lowest BCUT2D eigenvalue weighted by Gasteiger charge is -2.30. The Labute approximate surface area is 561 Å². The van der Waals surface area contributed by atoms with E-state index in [1.807, 2.05) is 33.3 Å². The maximum Gasteiger partial charge on any atom is 0.306 e. The molecule has 1 N–H and O–H groups in total. The van der Waals surface area contributed by atoms with Gasteiger partial charge in [-0.3, -0.25) is 14.2 Å². The van der Waals surface area contributed by atoms with Crippen LogP contribution in [0.1, 0.15) is 412 Å². The average Bonchev–Trinajstić information content (AvgIpc) is 3.04. The fraction of sp³-hybridized carbons (Fsp3) is 0.900. The Morgan fingerprint density at radius 2 is 0.678 bits per heavy atom. The van der Waals surface area contributed by atoms with Crippen molar-refractivity contribution in [2.75, 3.05) is 40.9 Å². The van der Waals surface area contributed by atoms with Gasteiger partial charge >= 0.3 is 5.97 Å². The van der Waals surface area contributed by atoms with Crippen LogP contribution in [0.3, 0.4) is 0 Å². The number of nitrogens with one attached hydrogen (secondary N) is 1. The molecule has 0 aliphatic rings. The van der Waals surface area contributed by atoms with Crippen LogP contribution in [0, 0.1) is 0 Å². The van der Waals surface area contributed by atoms with Crippen LogP contribution in [-0.2, 0) is 27.9 Å². The second-order valence-electron chi connectivity index (χ2n) is 28.6. The molecule has 532 valence electrons. The number of carbonyl (C=O) groups excluding carboxylic acids is 2. The zero-order chi connectivity index (χ0) is 65.6. The number of amides is 1. The summed E-state index contributed by atoms with van der Waals surface area (Å²) in [4.78, 5) is 40.3. The van der Waals surface area contributed by atoms with Gasteiger partial charge in [-0.15, -0.1) is 0 Å². The average molecular weight is 1290 g/mol. The first kappa shape index (κ1) is 88.2. The zero-order valence-electron chi connectivity index (χ0n) is 61.1. The van der Waals surface area contributed by atoms with Crippen molar-refractivity contribution in [2.24, 2.45) is 0 Å².